The molecule has 320 valence electrons. The molecule has 3 heteroatoms. The predicted molar refractivity (Wildman–Crippen MR) is 288 cm³/mol. The Kier molecular flexibility index (Phi) is 9.83. The van der Waals surface area contributed by atoms with Crippen molar-refractivity contribution in [2.45, 2.75) is 38.0 Å². The fraction of sp³-hybridized carbons (Fsp3) is 0.0938. The van der Waals surface area contributed by atoms with Gasteiger partial charge in [-0.3, -0.25) is 0 Å². The molecule has 13 rings (SSSR count). The summed E-state index contributed by atoms with van der Waals surface area (Å²) in [4.78, 5) is 2.53. The number of nitrogens with zero attached hydrogens (tertiary/aromatic N) is 2. The fourth-order valence-corrected chi connectivity index (χ4v) is 12.6. The number of thiophene rings is 1. The Morgan fingerprint density at radius 1 is 0.388 bits per heavy atom. The first-order valence-corrected chi connectivity index (χ1v) is 24.7. The maximum absolute atomic E-state index is 2.53. The van der Waals surface area contributed by atoms with Gasteiger partial charge >= 0.3 is 0 Å². The zero-order valence-corrected chi connectivity index (χ0v) is 38.1. The maximum Gasteiger partial charge on any atom is 0.0547 e. The van der Waals surface area contributed by atoms with Gasteiger partial charge in [-0.2, -0.15) is 0 Å². The van der Waals surface area contributed by atoms with E-state index in [1.165, 1.54) is 124 Å². The monoisotopic (exact) mass is 876 g/mol. The molecule has 2 heterocycles. The third-order valence-electron chi connectivity index (χ3n) is 14.4. The van der Waals surface area contributed by atoms with Gasteiger partial charge in [-0.15, -0.1) is 11.3 Å². The van der Waals surface area contributed by atoms with E-state index in [9.17, 15) is 0 Å². The number of aromatic nitrogens is 1. The number of fused-ring (bicyclic) bond motifs is 7. The largest absolute Gasteiger partial charge is 0.309 e. The van der Waals surface area contributed by atoms with Crippen LogP contribution in [0.25, 0.3) is 91.8 Å². The lowest BCUT2D eigenvalue weighted by molar-refractivity contribution is 0.445. The summed E-state index contributed by atoms with van der Waals surface area (Å²) in [5, 5.41) is 7.84. The van der Waals surface area contributed by atoms with Gasteiger partial charge in [0.2, 0.25) is 0 Å². The molecule has 1 fully saturated rings. The number of rotatable bonds is 8. The Labute approximate surface area is 395 Å². The third-order valence-corrected chi connectivity index (χ3v) is 15.5. The van der Waals surface area contributed by atoms with Gasteiger partial charge in [0.15, 0.2) is 0 Å². The van der Waals surface area contributed by atoms with Crippen molar-refractivity contribution >= 4 is 81.1 Å². The molecule has 2 nitrogen and oxygen atoms in total. The SMILES string of the molecule is c1ccc(-n2c3ccccc3c3c(-c4ccccc4N(c4ccc(-c5cccc6sc7ccccc7c56)cc4)c4ccccc4-c4cccc5cccc(C6CCCCC6)c45)cccc32)cc1. The second-order valence-electron chi connectivity index (χ2n) is 18.2. The lowest BCUT2D eigenvalue weighted by Crippen LogP contribution is -2.12. The highest BCUT2D eigenvalue weighted by molar-refractivity contribution is 7.25. The van der Waals surface area contributed by atoms with Crippen molar-refractivity contribution in [1.29, 1.82) is 0 Å². The molecule has 10 aromatic carbocycles. The van der Waals surface area contributed by atoms with E-state index in [1.54, 1.807) is 0 Å². The Hall–Kier alpha value is -7.72. The average molecular weight is 877 g/mol. The number of hydrogen-bond donors (Lipinski definition) is 0. The van der Waals surface area contributed by atoms with Crippen LogP contribution in [0, 0.1) is 0 Å². The molecule has 1 saturated carbocycles. The zero-order valence-electron chi connectivity index (χ0n) is 37.3. The van der Waals surface area contributed by atoms with E-state index in [0.29, 0.717) is 5.92 Å². The quantitative estimate of drug-likeness (QED) is 0.148. The Balaban J connectivity index is 1.05. The molecular formula is C64H48N2S. The van der Waals surface area contributed by atoms with Crippen molar-refractivity contribution in [3.8, 4) is 39.1 Å². The van der Waals surface area contributed by atoms with E-state index in [2.05, 4.69) is 234 Å². The summed E-state index contributed by atoms with van der Waals surface area (Å²) >= 11 is 1.87. The predicted octanol–water partition coefficient (Wildman–Crippen LogP) is 18.8. The molecule has 0 aliphatic heterocycles. The van der Waals surface area contributed by atoms with Crippen LogP contribution in [0.3, 0.4) is 0 Å². The summed E-state index contributed by atoms with van der Waals surface area (Å²) in [6.45, 7) is 0. The molecule has 67 heavy (non-hydrogen) atoms. The molecule has 0 bridgehead atoms. The first-order chi connectivity index (χ1) is 33.3. The molecule has 0 N–H and O–H groups in total. The van der Waals surface area contributed by atoms with E-state index >= 15 is 0 Å². The highest BCUT2D eigenvalue weighted by Gasteiger charge is 2.26. The van der Waals surface area contributed by atoms with Crippen LogP contribution >= 0.6 is 11.3 Å². The van der Waals surface area contributed by atoms with Crippen LogP contribution in [0.5, 0.6) is 0 Å². The van der Waals surface area contributed by atoms with Crippen LogP contribution in [-0.2, 0) is 0 Å². The van der Waals surface area contributed by atoms with Gasteiger partial charge in [0.05, 0.1) is 22.4 Å². The topological polar surface area (TPSA) is 8.17 Å². The molecule has 0 spiro atoms. The van der Waals surface area contributed by atoms with E-state index in [1.807, 2.05) is 11.3 Å². The molecule has 0 radical (unpaired) electrons. The number of anilines is 3. The van der Waals surface area contributed by atoms with Crippen molar-refractivity contribution in [2.75, 3.05) is 4.90 Å². The highest BCUT2D eigenvalue weighted by atomic mass is 32.1. The van der Waals surface area contributed by atoms with E-state index in [-0.39, 0.29) is 0 Å². The molecule has 0 atom stereocenters. The van der Waals surface area contributed by atoms with Gasteiger partial charge in [0.1, 0.15) is 0 Å². The lowest BCUT2D eigenvalue weighted by atomic mass is 9.80. The van der Waals surface area contributed by atoms with Gasteiger partial charge in [0.25, 0.3) is 0 Å². The summed E-state index contributed by atoms with van der Waals surface area (Å²) in [5.41, 5.74) is 15.8. The van der Waals surface area contributed by atoms with Crippen molar-refractivity contribution in [3.05, 3.63) is 230 Å². The summed E-state index contributed by atoms with van der Waals surface area (Å²) in [6.07, 6.45) is 6.44. The Morgan fingerprint density at radius 2 is 0.955 bits per heavy atom. The van der Waals surface area contributed by atoms with Crippen LogP contribution in [0.2, 0.25) is 0 Å². The smallest absolute Gasteiger partial charge is 0.0547 e. The minimum atomic E-state index is 0.568. The lowest BCUT2D eigenvalue weighted by Gasteiger charge is -2.31. The Morgan fingerprint density at radius 3 is 1.73 bits per heavy atom. The van der Waals surface area contributed by atoms with E-state index in [0.717, 1.165) is 22.7 Å². The molecule has 0 unspecified atom stereocenters. The third kappa shape index (κ3) is 6.68. The first kappa shape index (κ1) is 39.6. The van der Waals surface area contributed by atoms with Gasteiger partial charge in [-0.25, -0.2) is 0 Å². The molecule has 0 saturated heterocycles. The van der Waals surface area contributed by atoms with Crippen molar-refractivity contribution in [3.63, 3.8) is 0 Å². The summed E-state index contributed by atoms with van der Waals surface area (Å²) in [6, 6.07) is 83.5. The van der Waals surface area contributed by atoms with Crippen LogP contribution in [0.1, 0.15) is 43.6 Å². The standard InChI is InChI=1S/C64H48N2S/c1-3-19-43(20-4-1)48-29-15-21-45-22-16-31-52(62(45)48)50-25-7-11-33-56(50)65(47-41-39-44(40-42-47)49-30-18-38-61-64(49)55-28-10-14-37-60(55)67-61)57-34-12-8-26-51(57)53-32-17-36-59-63(53)54-27-9-13-35-58(54)66(59)46-23-5-2-6-24-46/h2,5-18,21-43H,1,3-4,19-20H2. The second-order valence-corrected chi connectivity index (χ2v) is 19.3. The molecule has 1 aliphatic rings. The van der Waals surface area contributed by atoms with Crippen molar-refractivity contribution in [2.24, 2.45) is 0 Å². The summed E-state index contributed by atoms with van der Waals surface area (Å²) in [5.74, 6) is 0.568. The van der Waals surface area contributed by atoms with E-state index < -0.39 is 0 Å². The second kappa shape index (κ2) is 16.6. The minimum absolute atomic E-state index is 0.568. The van der Waals surface area contributed by atoms with Crippen LogP contribution in [-0.4, -0.2) is 4.57 Å². The van der Waals surface area contributed by atoms with Crippen molar-refractivity contribution < 1.29 is 0 Å². The van der Waals surface area contributed by atoms with Gasteiger partial charge in [-0.05, 0) is 118 Å². The zero-order chi connectivity index (χ0) is 44.3. The number of para-hydroxylation sites is 4. The van der Waals surface area contributed by atoms with Crippen molar-refractivity contribution in [1.82, 2.24) is 4.57 Å². The number of hydrogen-bond acceptors (Lipinski definition) is 2. The molecular weight excluding hydrogens is 829 g/mol. The molecule has 0 amide bonds. The number of benzene rings is 10. The van der Waals surface area contributed by atoms with E-state index in [4.69, 9.17) is 0 Å². The highest BCUT2D eigenvalue weighted by Crippen LogP contribution is 2.50. The summed E-state index contributed by atoms with van der Waals surface area (Å²) < 4.78 is 5.06. The minimum Gasteiger partial charge on any atom is -0.309 e. The van der Waals surface area contributed by atoms with Gasteiger partial charge in [0, 0.05) is 53.4 Å². The van der Waals surface area contributed by atoms with Gasteiger partial charge < -0.3 is 9.47 Å². The Bertz CT molecular complexity index is 3790. The first-order valence-electron chi connectivity index (χ1n) is 23.9. The molecule has 2 aromatic heterocycles. The van der Waals surface area contributed by atoms with Crippen LogP contribution < -0.4 is 4.90 Å². The van der Waals surface area contributed by atoms with Crippen LogP contribution in [0.4, 0.5) is 17.1 Å². The van der Waals surface area contributed by atoms with Gasteiger partial charge in [-0.1, -0.05) is 183 Å². The fourth-order valence-electron chi connectivity index (χ4n) is 11.5. The molecule has 1 aliphatic carbocycles. The molecule has 12 aromatic rings. The maximum atomic E-state index is 2.53. The average Bonchev–Trinajstić information content (AvgIpc) is 3.96. The summed E-state index contributed by atoms with van der Waals surface area (Å²) in [7, 11) is 0. The van der Waals surface area contributed by atoms with Crippen LogP contribution in [0.15, 0.2) is 224 Å². The normalized spacial score (nSPS) is 13.3.